The van der Waals surface area contributed by atoms with Crippen molar-refractivity contribution in [3.63, 3.8) is 0 Å². The second-order valence-corrected chi connectivity index (χ2v) is 10.3. The molecule has 0 saturated heterocycles. The highest BCUT2D eigenvalue weighted by Crippen LogP contribution is 2.46. The fraction of sp³-hybridized carbons (Fsp3) is 0.323. The second-order valence-electron chi connectivity index (χ2n) is 10.3. The summed E-state index contributed by atoms with van der Waals surface area (Å²) >= 11 is 0. The van der Waals surface area contributed by atoms with E-state index in [2.05, 4.69) is 31.8 Å². The number of benzodiazepines with no additional fused rings is 1. The van der Waals surface area contributed by atoms with Gasteiger partial charge in [-0.05, 0) is 50.0 Å². The van der Waals surface area contributed by atoms with E-state index in [-0.39, 0.29) is 24.9 Å². The van der Waals surface area contributed by atoms with Crippen molar-refractivity contribution in [1.82, 2.24) is 20.9 Å². The van der Waals surface area contributed by atoms with Crippen molar-refractivity contribution in [2.24, 2.45) is 16.3 Å². The Morgan fingerprint density at radius 2 is 1.95 bits per heavy atom. The standard InChI is InChI=1S/C31H34N6O4/c1-5-10-22(32-4)17-20(2)34-30(41)36-28-29(40)37(18-26(39)31(3,19-38)21-14-15-21)25-13-7-6-11-23(25)27(35-28)24-12-8-9-16-33-24/h1,6-13,16-17,21,28,32,38H,14-15,18-19H2,2-4H3,(H2,34,36,41)/b20-17+,22-10+. The molecule has 2 aliphatic rings. The van der Waals surface area contributed by atoms with Crippen LogP contribution in [0.3, 0.4) is 0 Å². The van der Waals surface area contributed by atoms with E-state index in [9.17, 15) is 19.5 Å². The van der Waals surface area contributed by atoms with Crippen LogP contribution in [0.4, 0.5) is 10.5 Å². The third kappa shape index (κ3) is 6.53. The number of aliphatic hydroxyl groups is 1. The molecule has 3 amide bonds. The summed E-state index contributed by atoms with van der Waals surface area (Å²) < 4.78 is 0. The van der Waals surface area contributed by atoms with Crippen molar-refractivity contribution in [2.45, 2.75) is 32.9 Å². The number of carbonyl (C=O) groups is 3. The summed E-state index contributed by atoms with van der Waals surface area (Å²) in [5.41, 5.74) is 2.05. The molecular formula is C31H34N6O4. The molecule has 1 fully saturated rings. The Morgan fingerprint density at radius 1 is 1.22 bits per heavy atom. The molecule has 0 radical (unpaired) electrons. The number of aliphatic hydroxyl groups excluding tert-OH is 1. The Bertz CT molecular complexity index is 1450. The zero-order valence-electron chi connectivity index (χ0n) is 23.3. The molecule has 2 aromatic rings. The van der Waals surface area contributed by atoms with Crippen molar-refractivity contribution < 1.29 is 19.5 Å². The Balaban J connectivity index is 1.72. The average Bonchev–Trinajstić information content (AvgIpc) is 3.84. The van der Waals surface area contributed by atoms with Crippen molar-refractivity contribution in [1.29, 1.82) is 0 Å². The number of aromatic nitrogens is 1. The molecular weight excluding hydrogens is 520 g/mol. The predicted molar refractivity (Wildman–Crippen MR) is 157 cm³/mol. The molecule has 2 heterocycles. The van der Waals surface area contributed by atoms with Gasteiger partial charge >= 0.3 is 6.03 Å². The molecule has 1 aliphatic heterocycles. The average molecular weight is 555 g/mol. The normalized spacial score (nSPS) is 18.7. The van der Waals surface area contributed by atoms with E-state index in [1.54, 1.807) is 69.6 Å². The van der Waals surface area contributed by atoms with E-state index in [0.717, 1.165) is 12.8 Å². The van der Waals surface area contributed by atoms with Crippen LogP contribution in [0.2, 0.25) is 0 Å². The van der Waals surface area contributed by atoms with Crippen LogP contribution in [0.1, 0.15) is 37.9 Å². The van der Waals surface area contributed by atoms with Gasteiger partial charge in [0.15, 0.2) is 5.78 Å². The lowest BCUT2D eigenvalue weighted by Crippen LogP contribution is -2.52. The van der Waals surface area contributed by atoms with Crippen molar-refractivity contribution >= 4 is 29.1 Å². The van der Waals surface area contributed by atoms with Gasteiger partial charge in [0.05, 0.1) is 35.7 Å². The largest absolute Gasteiger partial charge is 0.395 e. The minimum absolute atomic E-state index is 0.0677. The Labute approximate surface area is 239 Å². The molecule has 4 N–H and O–H groups in total. The summed E-state index contributed by atoms with van der Waals surface area (Å²) in [5, 5.41) is 18.4. The predicted octanol–water partition coefficient (Wildman–Crippen LogP) is 2.51. The summed E-state index contributed by atoms with van der Waals surface area (Å²) in [6.07, 6.45) is 10.4. The summed E-state index contributed by atoms with van der Waals surface area (Å²) in [4.78, 5) is 51.1. The first kappa shape index (κ1) is 29.2. The monoisotopic (exact) mass is 554 g/mol. The third-order valence-corrected chi connectivity index (χ3v) is 7.34. The number of anilines is 1. The van der Waals surface area contributed by atoms with Crippen molar-refractivity contribution in [3.05, 3.63) is 83.5 Å². The summed E-state index contributed by atoms with van der Waals surface area (Å²) in [5.74, 6) is 1.64. The number of nitrogens with zero attached hydrogens (tertiary/aromatic N) is 3. The van der Waals surface area contributed by atoms with E-state index < -0.39 is 23.5 Å². The molecule has 10 nitrogen and oxygen atoms in total. The molecule has 1 aromatic heterocycles. The number of carbonyl (C=O) groups excluding carboxylic acids is 3. The molecule has 1 saturated carbocycles. The number of nitrogens with one attached hydrogen (secondary N) is 3. The van der Waals surface area contributed by atoms with Gasteiger partial charge in [0.1, 0.15) is 0 Å². The van der Waals surface area contributed by atoms with E-state index in [0.29, 0.717) is 34.1 Å². The number of allylic oxidation sites excluding steroid dienone is 3. The lowest BCUT2D eigenvalue weighted by molar-refractivity contribution is -0.131. The van der Waals surface area contributed by atoms with Gasteiger partial charge in [-0.2, -0.15) is 0 Å². The zero-order valence-corrected chi connectivity index (χ0v) is 23.3. The van der Waals surface area contributed by atoms with E-state index in [1.807, 2.05) is 6.07 Å². The van der Waals surface area contributed by atoms with Gasteiger partial charge in [0.2, 0.25) is 6.17 Å². The number of pyridine rings is 1. The first-order valence-electron chi connectivity index (χ1n) is 13.4. The number of para-hydroxylation sites is 1. The topological polar surface area (TPSA) is 136 Å². The van der Waals surface area contributed by atoms with E-state index in [1.165, 1.54) is 11.0 Å². The maximum atomic E-state index is 14.0. The zero-order chi connectivity index (χ0) is 29.6. The number of terminal acetylenes is 1. The smallest absolute Gasteiger partial charge is 0.321 e. The van der Waals surface area contributed by atoms with Gasteiger partial charge in [0.25, 0.3) is 5.91 Å². The van der Waals surface area contributed by atoms with Gasteiger partial charge in [-0.25, -0.2) is 9.79 Å². The number of urea groups is 1. The van der Waals surface area contributed by atoms with Crippen LogP contribution in [0.25, 0.3) is 0 Å². The number of Topliss-reactive ketones (excluding diaryl/α,β-unsaturated/α-hetero) is 1. The van der Waals surface area contributed by atoms with Gasteiger partial charge in [-0.1, -0.05) is 37.1 Å². The third-order valence-electron chi connectivity index (χ3n) is 7.34. The fourth-order valence-corrected chi connectivity index (χ4v) is 4.77. The highest BCUT2D eigenvalue weighted by molar-refractivity contribution is 6.20. The Hall–Kier alpha value is -4.75. The lowest BCUT2D eigenvalue weighted by Gasteiger charge is -2.31. The lowest BCUT2D eigenvalue weighted by atomic mass is 9.81. The van der Waals surface area contributed by atoms with Crippen molar-refractivity contribution in [3.8, 4) is 12.3 Å². The number of hydrogen-bond acceptors (Lipinski definition) is 7. The number of aliphatic imine (C=N–C) groups is 1. The maximum Gasteiger partial charge on any atom is 0.321 e. The fourth-order valence-electron chi connectivity index (χ4n) is 4.77. The van der Waals surface area contributed by atoms with Crippen LogP contribution in [0, 0.1) is 23.7 Å². The number of likely N-dealkylation sites (N-methyl/N-ethyl adjacent to an activating group) is 1. The number of fused-ring (bicyclic) bond motifs is 1. The second kappa shape index (κ2) is 12.6. The van der Waals surface area contributed by atoms with Crippen molar-refractivity contribution in [2.75, 3.05) is 25.1 Å². The Kier molecular flexibility index (Phi) is 9.00. The van der Waals surface area contributed by atoms with Crippen LogP contribution >= 0.6 is 0 Å². The maximum absolute atomic E-state index is 14.0. The molecule has 1 aliphatic carbocycles. The molecule has 10 heteroatoms. The van der Waals surface area contributed by atoms with Crippen LogP contribution in [0.5, 0.6) is 0 Å². The first-order chi connectivity index (χ1) is 19.7. The highest BCUT2D eigenvalue weighted by Gasteiger charge is 2.47. The van der Waals surface area contributed by atoms with Crippen LogP contribution in [-0.4, -0.2) is 59.9 Å². The van der Waals surface area contributed by atoms with Crippen LogP contribution < -0.4 is 20.9 Å². The number of rotatable bonds is 10. The number of benzene rings is 1. The highest BCUT2D eigenvalue weighted by atomic mass is 16.3. The summed E-state index contributed by atoms with van der Waals surface area (Å²) in [7, 11) is 1.70. The number of amides is 3. The minimum Gasteiger partial charge on any atom is -0.395 e. The molecule has 0 spiro atoms. The summed E-state index contributed by atoms with van der Waals surface area (Å²) in [6, 6.07) is 11.8. The molecule has 1 aromatic carbocycles. The molecule has 212 valence electrons. The minimum atomic E-state index is -1.37. The Morgan fingerprint density at radius 3 is 2.59 bits per heavy atom. The van der Waals surface area contributed by atoms with Gasteiger partial charge in [-0.15, -0.1) is 6.42 Å². The molecule has 4 rings (SSSR count). The molecule has 0 bridgehead atoms. The van der Waals surface area contributed by atoms with Crippen LogP contribution in [0.15, 0.2) is 77.2 Å². The first-order valence-corrected chi connectivity index (χ1v) is 13.4. The molecule has 2 atom stereocenters. The molecule has 41 heavy (non-hydrogen) atoms. The number of hydrogen-bond donors (Lipinski definition) is 4. The SMILES string of the molecule is C#C/C=C(\C=C(/C)NC(=O)NC1N=C(c2ccccn2)c2ccccc2N(CC(=O)C(C)(CO)C2CC2)C1=O)NC. The quantitative estimate of drug-likeness (QED) is 0.263. The van der Waals surface area contributed by atoms with Gasteiger partial charge in [0, 0.05) is 36.3 Å². The van der Waals surface area contributed by atoms with E-state index >= 15 is 0 Å². The summed E-state index contributed by atoms with van der Waals surface area (Å²) in [6.45, 7) is 2.82. The van der Waals surface area contributed by atoms with E-state index in [4.69, 9.17) is 6.42 Å². The van der Waals surface area contributed by atoms with Gasteiger partial charge in [-0.3, -0.25) is 14.6 Å². The van der Waals surface area contributed by atoms with Crippen LogP contribution in [-0.2, 0) is 9.59 Å². The van der Waals surface area contributed by atoms with Gasteiger partial charge < -0.3 is 26.0 Å². The molecule has 2 unspecified atom stereocenters. The number of ketones is 1.